The van der Waals surface area contributed by atoms with E-state index in [0.717, 1.165) is 76.3 Å². The SMILES string of the molecule is O=C(C1CCCN(S(=O)(=O)N2CCCC2)C1)N1CCC(Cc2nncn2CC2CC2)CC1. The zero-order valence-electron chi connectivity index (χ0n) is 18.9. The monoisotopic (exact) mass is 464 g/mol. The molecule has 32 heavy (non-hydrogen) atoms. The Kier molecular flexibility index (Phi) is 6.53. The van der Waals surface area contributed by atoms with Crippen LogP contribution in [-0.2, 0) is 28.0 Å². The fourth-order valence-electron chi connectivity index (χ4n) is 5.48. The van der Waals surface area contributed by atoms with Crippen LogP contribution < -0.4 is 0 Å². The zero-order valence-corrected chi connectivity index (χ0v) is 19.8. The molecule has 1 amide bonds. The van der Waals surface area contributed by atoms with Crippen LogP contribution in [0.25, 0.3) is 0 Å². The van der Waals surface area contributed by atoms with Gasteiger partial charge in [-0.25, -0.2) is 0 Å². The van der Waals surface area contributed by atoms with Crippen LogP contribution in [0, 0.1) is 17.8 Å². The molecule has 0 aromatic carbocycles. The minimum absolute atomic E-state index is 0.140. The molecule has 4 heterocycles. The van der Waals surface area contributed by atoms with Gasteiger partial charge >= 0.3 is 0 Å². The number of hydrogen-bond acceptors (Lipinski definition) is 5. The van der Waals surface area contributed by atoms with Crippen molar-refractivity contribution in [1.29, 1.82) is 0 Å². The maximum Gasteiger partial charge on any atom is 0.281 e. The molecular formula is C22H36N6O3S. The topological polar surface area (TPSA) is 91.6 Å². The van der Waals surface area contributed by atoms with Gasteiger partial charge in [0.2, 0.25) is 5.91 Å². The molecule has 1 aliphatic carbocycles. The number of carbonyl (C=O) groups excluding carboxylic acids is 1. The standard InChI is InChI=1S/C22H36N6O3S/c29-22(20-4-3-11-28(16-20)32(30,31)27-9-1-2-10-27)25-12-7-18(8-13-25)14-21-24-23-17-26(21)15-19-5-6-19/h17-20H,1-16H2. The highest BCUT2D eigenvalue weighted by atomic mass is 32.2. The summed E-state index contributed by atoms with van der Waals surface area (Å²) >= 11 is 0. The molecular weight excluding hydrogens is 428 g/mol. The summed E-state index contributed by atoms with van der Waals surface area (Å²) in [7, 11) is -3.42. The Bertz CT molecular complexity index is 901. The third-order valence-electron chi connectivity index (χ3n) is 7.70. The lowest BCUT2D eigenvalue weighted by molar-refractivity contribution is -0.138. The number of nitrogens with zero attached hydrogens (tertiary/aromatic N) is 6. The van der Waals surface area contributed by atoms with Crippen molar-refractivity contribution < 1.29 is 13.2 Å². The van der Waals surface area contributed by atoms with Crippen LogP contribution in [0.2, 0.25) is 0 Å². The van der Waals surface area contributed by atoms with Crippen molar-refractivity contribution in [3.05, 3.63) is 12.2 Å². The summed E-state index contributed by atoms with van der Waals surface area (Å²) in [5, 5.41) is 8.47. The van der Waals surface area contributed by atoms with E-state index < -0.39 is 10.2 Å². The summed E-state index contributed by atoms with van der Waals surface area (Å²) in [5.41, 5.74) is 0. The average Bonchev–Trinajstić information content (AvgIpc) is 3.24. The van der Waals surface area contributed by atoms with Crippen molar-refractivity contribution in [2.75, 3.05) is 39.3 Å². The molecule has 1 saturated carbocycles. The lowest BCUT2D eigenvalue weighted by atomic mass is 9.91. The Labute approximate surface area is 191 Å². The van der Waals surface area contributed by atoms with Gasteiger partial charge in [0.15, 0.2) is 0 Å². The summed E-state index contributed by atoms with van der Waals surface area (Å²) in [6.45, 7) is 4.65. The molecule has 10 heteroatoms. The third-order valence-corrected chi connectivity index (χ3v) is 9.70. The lowest BCUT2D eigenvalue weighted by Gasteiger charge is -2.38. The second-order valence-electron chi connectivity index (χ2n) is 10.1. The van der Waals surface area contributed by atoms with Crippen LogP contribution >= 0.6 is 0 Å². The molecule has 0 bridgehead atoms. The maximum atomic E-state index is 13.2. The number of carbonyl (C=O) groups is 1. The lowest BCUT2D eigenvalue weighted by Crippen LogP contribution is -2.51. The van der Waals surface area contributed by atoms with Crippen LogP contribution in [0.1, 0.15) is 57.2 Å². The maximum absolute atomic E-state index is 13.2. The van der Waals surface area contributed by atoms with Crippen LogP contribution in [-0.4, -0.2) is 81.9 Å². The minimum Gasteiger partial charge on any atom is -0.342 e. The molecule has 1 aromatic rings. The first kappa shape index (κ1) is 22.3. The zero-order chi connectivity index (χ0) is 22.1. The molecule has 0 radical (unpaired) electrons. The Morgan fingerprint density at radius 3 is 2.34 bits per heavy atom. The number of likely N-dealkylation sites (tertiary alicyclic amines) is 1. The van der Waals surface area contributed by atoms with Gasteiger partial charge in [-0.2, -0.15) is 17.0 Å². The Morgan fingerprint density at radius 1 is 0.906 bits per heavy atom. The van der Waals surface area contributed by atoms with Crippen LogP contribution in [0.4, 0.5) is 0 Å². The van der Waals surface area contributed by atoms with E-state index in [-0.39, 0.29) is 11.8 Å². The van der Waals surface area contributed by atoms with Gasteiger partial charge in [0.1, 0.15) is 12.2 Å². The van der Waals surface area contributed by atoms with Gasteiger partial charge in [-0.1, -0.05) is 0 Å². The quantitative estimate of drug-likeness (QED) is 0.610. The molecule has 4 fully saturated rings. The molecule has 5 rings (SSSR count). The highest BCUT2D eigenvalue weighted by Gasteiger charge is 2.38. The van der Waals surface area contributed by atoms with Gasteiger partial charge in [0.05, 0.1) is 5.92 Å². The second kappa shape index (κ2) is 9.38. The van der Waals surface area contributed by atoms with E-state index in [1.165, 1.54) is 12.8 Å². The van der Waals surface area contributed by atoms with E-state index in [0.29, 0.717) is 32.1 Å². The van der Waals surface area contributed by atoms with E-state index in [9.17, 15) is 13.2 Å². The van der Waals surface area contributed by atoms with E-state index in [4.69, 9.17) is 0 Å². The number of piperidine rings is 2. The third kappa shape index (κ3) is 4.87. The molecule has 3 saturated heterocycles. The molecule has 1 atom stereocenters. The summed E-state index contributed by atoms with van der Waals surface area (Å²) in [6, 6.07) is 0. The summed E-state index contributed by atoms with van der Waals surface area (Å²) in [6.07, 6.45) is 10.8. The van der Waals surface area contributed by atoms with Gasteiger partial charge in [0.25, 0.3) is 10.2 Å². The Balaban J connectivity index is 1.13. The predicted molar refractivity (Wildman–Crippen MR) is 120 cm³/mol. The van der Waals surface area contributed by atoms with Crippen molar-refractivity contribution in [3.8, 4) is 0 Å². The van der Waals surface area contributed by atoms with Crippen LogP contribution in [0.15, 0.2) is 6.33 Å². The fourth-order valence-corrected chi connectivity index (χ4v) is 7.25. The smallest absolute Gasteiger partial charge is 0.281 e. The molecule has 1 aromatic heterocycles. The Hall–Kier alpha value is -1.52. The van der Waals surface area contributed by atoms with Crippen molar-refractivity contribution in [1.82, 2.24) is 28.3 Å². The first-order valence-electron chi connectivity index (χ1n) is 12.4. The minimum atomic E-state index is -3.42. The largest absolute Gasteiger partial charge is 0.342 e. The van der Waals surface area contributed by atoms with Crippen molar-refractivity contribution in [2.24, 2.45) is 17.8 Å². The Morgan fingerprint density at radius 2 is 1.62 bits per heavy atom. The summed E-state index contributed by atoms with van der Waals surface area (Å²) in [4.78, 5) is 15.2. The first-order chi connectivity index (χ1) is 15.5. The molecule has 1 unspecified atom stereocenters. The molecule has 4 aliphatic rings. The van der Waals surface area contributed by atoms with Crippen LogP contribution in [0.3, 0.4) is 0 Å². The van der Waals surface area contributed by atoms with Gasteiger partial charge in [-0.05, 0) is 63.2 Å². The normalized spacial score (nSPS) is 26.6. The van der Waals surface area contributed by atoms with Gasteiger partial charge in [-0.15, -0.1) is 10.2 Å². The molecule has 0 N–H and O–H groups in total. The van der Waals surface area contributed by atoms with Gasteiger partial charge < -0.3 is 9.47 Å². The number of hydrogen-bond donors (Lipinski definition) is 0. The number of rotatable bonds is 7. The van der Waals surface area contributed by atoms with Gasteiger partial charge in [-0.3, -0.25) is 4.79 Å². The van der Waals surface area contributed by atoms with Crippen molar-refractivity contribution in [3.63, 3.8) is 0 Å². The first-order valence-corrected chi connectivity index (χ1v) is 13.8. The molecule has 178 valence electrons. The van der Waals surface area contributed by atoms with Crippen molar-refractivity contribution >= 4 is 16.1 Å². The predicted octanol–water partition coefficient (Wildman–Crippen LogP) is 1.52. The highest BCUT2D eigenvalue weighted by Crippen LogP contribution is 2.31. The molecule has 9 nitrogen and oxygen atoms in total. The van der Waals surface area contributed by atoms with Gasteiger partial charge in [0, 0.05) is 52.2 Å². The van der Waals surface area contributed by atoms with Crippen molar-refractivity contribution in [2.45, 2.75) is 64.3 Å². The van der Waals surface area contributed by atoms with E-state index in [1.54, 1.807) is 8.61 Å². The van der Waals surface area contributed by atoms with E-state index in [1.807, 2.05) is 11.2 Å². The number of amides is 1. The molecule has 3 aliphatic heterocycles. The van der Waals surface area contributed by atoms with E-state index >= 15 is 0 Å². The van der Waals surface area contributed by atoms with Crippen LogP contribution in [0.5, 0.6) is 0 Å². The molecule has 0 spiro atoms. The number of aromatic nitrogens is 3. The fraction of sp³-hybridized carbons (Fsp3) is 0.864. The summed E-state index contributed by atoms with van der Waals surface area (Å²) in [5.74, 6) is 2.34. The average molecular weight is 465 g/mol. The summed E-state index contributed by atoms with van der Waals surface area (Å²) < 4.78 is 31.2. The second-order valence-corrected chi connectivity index (χ2v) is 12.1. The van der Waals surface area contributed by atoms with E-state index in [2.05, 4.69) is 14.8 Å². The highest BCUT2D eigenvalue weighted by molar-refractivity contribution is 7.86.